The summed E-state index contributed by atoms with van der Waals surface area (Å²) in [5.41, 5.74) is 0.936. The molecule has 1 fully saturated rings. The molecule has 0 saturated heterocycles. The van der Waals surface area contributed by atoms with Crippen LogP contribution in [0.25, 0.3) is 11.4 Å². The molecule has 0 atom stereocenters. The Bertz CT molecular complexity index is 849. The third kappa shape index (κ3) is 3.85. The zero-order valence-corrected chi connectivity index (χ0v) is 15.2. The van der Waals surface area contributed by atoms with Crippen molar-refractivity contribution in [3.8, 4) is 11.4 Å². The molecule has 1 saturated carbocycles. The van der Waals surface area contributed by atoms with Crippen molar-refractivity contribution in [2.75, 3.05) is 5.32 Å². The Hall–Kier alpha value is -2.48. The van der Waals surface area contributed by atoms with Gasteiger partial charge < -0.3 is 9.84 Å². The van der Waals surface area contributed by atoms with Crippen LogP contribution in [0.2, 0.25) is 0 Å². The molecule has 1 aliphatic carbocycles. The van der Waals surface area contributed by atoms with E-state index in [1.54, 1.807) is 17.5 Å². The van der Waals surface area contributed by atoms with Gasteiger partial charge in [0.05, 0.1) is 12.2 Å². The lowest BCUT2D eigenvalue weighted by Crippen LogP contribution is -2.20. The molecule has 0 aliphatic heterocycles. The molecule has 0 spiro atoms. The van der Waals surface area contributed by atoms with Crippen molar-refractivity contribution in [1.29, 1.82) is 0 Å². The van der Waals surface area contributed by atoms with Gasteiger partial charge in [-0.05, 0) is 24.3 Å². The fourth-order valence-electron chi connectivity index (χ4n) is 3.32. The summed E-state index contributed by atoms with van der Waals surface area (Å²) in [6, 6.07) is 4.19. The SMILES string of the molecule is O=C(CCc1nc(-c2ccsc2)no1)Nc1ccnn1C1CCCCC1. The van der Waals surface area contributed by atoms with E-state index >= 15 is 0 Å². The first-order valence-electron chi connectivity index (χ1n) is 8.98. The Balaban J connectivity index is 1.33. The smallest absolute Gasteiger partial charge is 0.227 e. The summed E-state index contributed by atoms with van der Waals surface area (Å²) in [7, 11) is 0. The standard InChI is InChI=1S/C18H21N5O2S/c24-16(6-7-17-21-18(22-25-17)13-9-11-26-12-13)20-15-8-10-19-23(15)14-4-2-1-3-5-14/h8-12,14H,1-7H2,(H,20,24). The van der Waals surface area contributed by atoms with Crippen molar-refractivity contribution >= 4 is 23.1 Å². The number of carbonyl (C=O) groups excluding carboxylic acids is 1. The second kappa shape index (κ2) is 7.82. The van der Waals surface area contributed by atoms with Crippen molar-refractivity contribution in [3.63, 3.8) is 0 Å². The zero-order chi connectivity index (χ0) is 17.8. The molecule has 8 heteroatoms. The number of aromatic nitrogens is 4. The van der Waals surface area contributed by atoms with Crippen LogP contribution in [-0.4, -0.2) is 25.8 Å². The molecule has 0 unspecified atom stereocenters. The predicted molar refractivity (Wildman–Crippen MR) is 98.9 cm³/mol. The van der Waals surface area contributed by atoms with Crippen LogP contribution < -0.4 is 5.32 Å². The monoisotopic (exact) mass is 371 g/mol. The van der Waals surface area contributed by atoms with Crippen molar-refractivity contribution in [3.05, 3.63) is 35.0 Å². The number of anilines is 1. The maximum atomic E-state index is 12.3. The van der Waals surface area contributed by atoms with Gasteiger partial charge in [-0.2, -0.15) is 21.4 Å². The van der Waals surface area contributed by atoms with Gasteiger partial charge in [0, 0.05) is 29.9 Å². The largest absolute Gasteiger partial charge is 0.339 e. The lowest BCUT2D eigenvalue weighted by Gasteiger charge is -2.23. The van der Waals surface area contributed by atoms with E-state index in [1.807, 2.05) is 27.6 Å². The van der Waals surface area contributed by atoms with Gasteiger partial charge in [0.25, 0.3) is 0 Å². The number of aryl methyl sites for hydroxylation is 1. The van der Waals surface area contributed by atoms with Crippen LogP contribution in [0.3, 0.4) is 0 Å². The maximum Gasteiger partial charge on any atom is 0.227 e. The van der Waals surface area contributed by atoms with E-state index in [1.165, 1.54) is 19.3 Å². The molecule has 26 heavy (non-hydrogen) atoms. The van der Waals surface area contributed by atoms with E-state index in [2.05, 4.69) is 20.6 Å². The minimum Gasteiger partial charge on any atom is -0.339 e. The molecule has 3 heterocycles. The topological polar surface area (TPSA) is 85.8 Å². The molecule has 0 aromatic carbocycles. The lowest BCUT2D eigenvalue weighted by atomic mass is 9.96. The molecular weight excluding hydrogens is 350 g/mol. The van der Waals surface area contributed by atoms with Gasteiger partial charge in [0.2, 0.25) is 17.6 Å². The minimum atomic E-state index is -0.0714. The van der Waals surface area contributed by atoms with E-state index < -0.39 is 0 Å². The lowest BCUT2D eigenvalue weighted by molar-refractivity contribution is -0.116. The number of rotatable bonds is 6. The average Bonchev–Trinajstić information content (AvgIpc) is 3.41. The summed E-state index contributed by atoms with van der Waals surface area (Å²) in [6.07, 6.45) is 8.44. The summed E-state index contributed by atoms with van der Waals surface area (Å²) in [5.74, 6) is 1.74. The summed E-state index contributed by atoms with van der Waals surface area (Å²) in [4.78, 5) is 16.7. The zero-order valence-electron chi connectivity index (χ0n) is 14.4. The van der Waals surface area contributed by atoms with Crippen molar-refractivity contribution in [2.24, 2.45) is 0 Å². The molecule has 1 N–H and O–H groups in total. The highest BCUT2D eigenvalue weighted by molar-refractivity contribution is 7.08. The van der Waals surface area contributed by atoms with Gasteiger partial charge in [0.15, 0.2) is 0 Å². The Morgan fingerprint density at radius 3 is 3.00 bits per heavy atom. The highest BCUT2D eigenvalue weighted by Crippen LogP contribution is 2.30. The number of hydrogen-bond donors (Lipinski definition) is 1. The van der Waals surface area contributed by atoms with Crippen molar-refractivity contribution in [1.82, 2.24) is 19.9 Å². The van der Waals surface area contributed by atoms with Gasteiger partial charge in [-0.15, -0.1) is 0 Å². The summed E-state index contributed by atoms with van der Waals surface area (Å²) in [6.45, 7) is 0. The van der Waals surface area contributed by atoms with E-state index in [-0.39, 0.29) is 5.91 Å². The number of nitrogens with one attached hydrogen (secondary N) is 1. The fraction of sp³-hybridized carbons (Fsp3) is 0.444. The van der Waals surface area contributed by atoms with E-state index in [4.69, 9.17) is 4.52 Å². The summed E-state index contributed by atoms with van der Waals surface area (Å²) >= 11 is 1.58. The molecule has 3 aromatic rings. The van der Waals surface area contributed by atoms with Crippen LogP contribution in [-0.2, 0) is 11.2 Å². The number of nitrogens with zero attached hydrogens (tertiary/aromatic N) is 4. The van der Waals surface area contributed by atoms with E-state index in [9.17, 15) is 4.79 Å². The second-order valence-electron chi connectivity index (χ2n) is 6.52. The molecule has 1 amide bonds. The summed E-state index contributed by atoms with van der Waals surface area (Å²) in [5, 5.41) is 15.3. The van der Waals surface area contributed by atoms with Gasteiger partial charge in [-0.3, -0.25) is 4.79 Å². The van der Waals surface area contributed by atoms with Crippen LogP contribution in [0.5, 0.6) is 0 Å². The number of carbonyl (C=O) groups is 1. The van der Waals surface area contributed by atoms with Gasteiger partial charge in [-0.1, -0.05) is 24.4 Å². The van der Waals surface area contributed by atoms with Crippen LogP contribution in [0.4, 0.5) is 5.82 Å². The molecule has 0 radical (unpaired) electrons. The minimum absolute atomic E-state index is 0.0714. The fourth-order valence-corrected chi connectivity index (χ4v) is 3.96. The van der Waals surface area contributed by atoms with Crippen LogP contribution in [0.1, 0.15) is 50.5 Å². The molecular formula is C18H21N5O2S. The molecule has 4 rings (SSSR count). The average molecular weight is 371 g/mol. The summed E-state index contributed by atoms with van der Waals surface area (Å²) < 4.78 is 7.20. The Morgan fingerprint density at radius 2 is 2.19 bits per heavy atom. The number of hydrogen-bond acceptors (Lipinski definition) is 6. The third-order valence-corrected chi connectivity index (χ3v) is 5.35. The molecule has 0 bridgehead atoms. The van der Waals surface area contributed by atoms with E-state index in [0.29, 0.717) is 30.6 Å². The van der Waals surface area contributed by atoms with Crippen molar-refractivity contribution < 1.29 is 9.32 Å². The Morgan fingerprint density at radius 1 is 1.31 bits per heavy atom. The van der Waals surface area contributed by atoms with E-state index in [0.717, 1.165) is 24.2 Å². The highest BCUT2D eigenvalue weighted by atomic mass is 32.1. The molecule has 3 aromatic heterocycles. The van der Waals surface area contributed by atoms with Gasteiger partial charge in [-0.25, -0.2) is 4.68 Å². The normalized spacial score (nSPS) is 15.2. The quantitative estimate of drug-likeness (QED) is 0.706. The highest BCUT2D eigenvalue weighted by Gasteiger charge is 2.19. The first-order valence-corrected chi connectivity index (χ1v) is 9.92. The molecule has 1 aliphatic rings. The number of thiophene rings is 1. The van der Waals surface area contributed by atoms with Crippen LogP contribution in [0.15, 0.2) is 33.6 Å². The third-order valence-electron chi connectivity index (χ3n) is 4.67. The second-order valence-corrected chi connectivity index (χ2v) is 7.30. The first-order chi connectivity index (χ1) is 12.8. The predicted octanol–water partition coefficient (Wildman–Crippen LogP) is 4.07. The van der Waals surface area contributed by atoms with Gasteiger partial charge in [0.1, 0.15) is 5.82 Å². The molecule has 136 valence electrons. The van der Waals surface area contributed by atoms with Crippen molar-refractivity contribution in [2.45, 2.75) is 51.0 Å². The maximum absolute atomic E-state index is 12.3. The Labute approximate surface area is 155 Å². The van der Waals surface area contributed by atoms with Crippen LogP contribution >= 0.6 is 11.3 Å². The number of amides is 1. The van der Waals surface area contributed by atoms with Gasteiger partial charge >= 0.3 is 0 Å². The Kier molecular flexibility index (Phi) is 5.10. The van der Waals surface area contributed by atoms with Crippen LogP contribution in [0, 0.1) is 0 Å². The first kappa shape index (κ1) is 17.0. The molecule has 7 nitrogen and oxygen atoms in total.